The lowest BCUT2D eigenvalue weighted by molar-refractivity contribution is -0.148. The Morgan fingerprint density at radius 2 is 1.79 bits per heavy atom. The van der Waals surface area contributed by atoms with Gasteiger partial charge in [0.05, 0.1) is 11.6 Å². The zero-order valence-electron chi connectivity index (χ0n) is 15.7. The SMILES string of the molecule is CC(C)(CO)CO[P+](=O)C(OC(=O)COc1ccccc1Cl)c1ccccc1. The molecule has 0 aliphatic heterocycles. The zero-order valence-corrected chi connectivity index (χ0v) is 17.4. The molecule has 0 fully saturated rings. The van der Waals surface area contributed by atoms with Gasteiger partial charge in [-0.25, -0.2) is 4.79 Å². The Hall–Kier alpha value is -1.98. The summed E-state index contributed by atoms with van der Waals surface area (Å²) >= 11 is 5.99. The van der Waals surface area contributed by atoms with Crippen molar-refractivity contribution in [2.24, 2.45) is 5.41 Å². The summed E-state index contributed by atoms with van der Waals surface area (Å²) < 4.78 is 28.8. The lowest BCUT2D eigenvalue weighted by atomic mass is 9.97. The van der Waals surface area contributed by atoms with Gasteiger partial charge in [-0.2, -0.15) is 0 Å². The van der Waals surface area contributed by atoms with Crippen LogP contribution in [0.15, 0.2) is 54.6 Å². The molecule has 0 bridgehead atoms. The molecule has 150 valence electrons. The van der Waals surface area contributed by atoms with E-state index in [0.29, 0.717) is 16.3 Å². The Labute approximate surface area is 170 Å². The van der Waals surface area contributed by atoms with Gasteiger partial charge in [0.1, 0.15) is 12.4 Å². The molecule has 0 aliphatic rings. The second-order valence-corrected chi connectivity index (χ2v) is 8.56. The third kappa shape index (κ3) is 6.88. The van der Waals surface area contributed by atoms with E-state index in [1.54, 1.807) is 68.4 Å². The molecule has 0 aliphatic carbocycles. The number of aliphatic hydroxyl groups excluding tert-OH is 1. The fraction of sp³-hybridized carbons (Fsp3) is 0.350. The molecule has 0 aromatic heterocycles. The van der Waals surface area contributed by atoms with E-state index in [9.17, 15) is 14.5 Å². The summed E-state index contributed by atoms with van der Waals surface area (Å²) in [6, 6.07) is 15.4. The second kappa shape index (κ2) is 10.5. The minimum absolute atomic E-state index is 0.0513. The number of ether oxygens (including phenoxy) is 2. The van der Waals surface area contributed by atoms with E-state index in [0.717, 1.165) is 0 Å². The van der Waals surface area contributed by atoms with Gasteiger partial charge in [0.15, 0.2) is 6.61 Å². The number of para-hydroxylation sites is 1. The molecule has 8 heteroatoms. The molecule has 6 nitrogen and oxygen atoms in total. The van der Waals surface area contributed by atoms with Crippen molar-refractivity contribution in [2.75, 3.05) is 19.8 Å². The molecule has 2 aromatic carbocycles. The summed E-state index contributed by atoms with van der Waals surface area (Å²) in [5.74, 6) is -1.45. The van der Waals surface area contributed by atoms with Crippen molar-refractivity contribution in [3.05, 3.63) is 65.2 Å². The maximum atomic E-state index is 12.7. The number of rotatable bonds is 10. The van der Waals surface area contributed by atoms with E-state index >= 15 is 0 Å². The van der Waals surface area contributed by atoms with Crippen LogP contribution in [0.2, 0.25) is 5.02 Å². The summed E-state index contributed by atoms with van der Waals surface area (Å²) in [5.41, 5.74) is -0.0276. The van der Waals surface area contributed by atoms with Crippen LogP contribution in [0.25, 0.3) is 0 Å². The normalized spacial score (nSPS) is 12.9. The molecular formula is C20H23ClO6P+. The van der Waals surface area contributed by atoms with Crippen molar-refractivity contribution in [3.63, 3.8) is 0 Å². The molecular weight excluding hydrogens is 403 g/mol. The summed E-state index contributed by atoms with van der Waals surface area (Å²) in [5, 5.41) is 9.69. The van der Waals surface area contributed by atoms with Crippen LogP contribution in [0, 0.1) is 5.41 Å². The Bertz CT molecular complexity index is 796. The lowest BCUT2D eigenvalue weighted by Gasteiger charge is -2.18. The van der Waals surface area contributed by atoms with E-state index in [4.69, 9.17) is 25.6 Å². The number of halogens is 1. The fourth-order valence-corrected chi connectivity index (χ4v) is 3.48. The second-order valence-electron chi connectivity index (χ2n) is 6.85. The van der Waals surface area contributed by atoms with Gasteiger partial charge in [-0.05, 0) is 16.7 Å². The topological polar surface area (TPSA) is 82.1 Å². The molecule has 0 spiro atoms. The van der Waals surface area contributed by atoms with Crippen LogP contribution >= 0.6 is 19.6 Å². The first-order valence-electron chi connectivity index (χ1n) is 8.64. The summed E-state index contributed by atoms with van der Waals surface area (Å²) in [4.78, 5) is 12.3. The number of hydrogen-bond donors (Lipinski definition) is 1. The minimum Gasteiger partial charge on any atom is -0.480 e. The molecule has 28 heavy (non-hydrogen) atoms. The molecule has 2 unspecified atom stereocenters. The van der Waals surface area contributed by atoms with Gasteiger partial charge in [-0.3, -0.25) is 0 Å². The van der Waals surface area contributed by atoms with Crippen molar-refractivity contribution >= 4 is 25.6 Å². The van der Waals surface area contributed by atoms with Crippen LogP contribution < -0.4 is 4.74 Å². The predicted octanol–water partition coefficient (Wildman–Crippen LogP) is 4.74. The summed E-state index contributed by atoms with van der Waals surface area (Å²) in [7, 11) is -2.38. The van der Waals surface area contributed by atoms with Crippen LogP contribution in [-0.2, 0) is 18.6 Å². The third-order valence-corrected chi connectivity index (χ3v) is 5.19. The Balaban J connectivity index is 2.04. The number of carbonyl (C=O) groups is 1. The van der Waals surface area contributed by atoms with Crippen LogP contribution in [0.1, 0.15) is 25.3 Å². The number of carbonyl (C=O) groups excluding carboxylic acids is 1. The highest BCUT2D eigenvalue weighted by molar-refractivity contribution is 7.39. The first kappa shape index (κ1) is 22.3. The third-order valence-electron chi connectivity index (χ3n) is 3.71. The van der Waals surface area contributed by atoms with Gasteiger partial charge in [-0.15, -0.1) is 4.52 Å². The van der Waals surface area contributed by atoms with Crippen LogP contribution in [0.5, 0.6) is 5.75 Å². The fourth-order valence-electron chi connectivity index (χ4n) is 2.06. The molecule has 0 amide bonds. The van der Waals surface area contributed by atoms with E-state index < -0.39 is 31.9 Å². The molecule has 1 N–H and O–H groups in total. The average molecular weight is 426 g/mol. The Morgan fingerprint density at radius 3 is 2.43 bits per heavy atom. The van der Waals surface area contributed by atoms with Gasteiger partial charge >= 0.3 is 19.8 Å². The molecule has 2 aromatic rings. The Morgan fingerprint density at radius 1 is 1.14 bits per heavy atom. The van der Waals surface area contributed by atoms with Gasteiger partial charge in [-0.1, -0.05) is 67.9 Å². The van der Waals surface area contributed by atoms with Crippen LogP contribution in [0.4, 0.5) is 0 Å². The van der Waals surface area contributed by atoms with E-state index in [-0.39, 0.29) is 13.2 Å². The quantitative estimate of drug-likeness (QED) is 0.437. The maximum absolute atomic E-state index is 12.7. The molecule has 2 rings (SSSR count). The number of esters is 1. The van der Waals surface area contributed by atoms with Crippen molar-refractivity contribution < 1.29 is 28.5 Å². The van der Waals surface area contributed by atoms with Crippen molar-refractivity contribution in [1.82, 2.24) is 0 Å². The molecule has 0 radical (unpaired) electrons. The van der Waals surface area contributed by atoms with Gasteiger partial charge < -0.3 is 14.6 Å². The van der Waals surface area contributed by atoms with E-state index in [2.05, 4.69) is 0 Å². The minimum atomic E-state index is -2.38. The zero-order chi connectivity index (χ0) is 20.6. The lowest BCUT2D eigenvalue weighted by Crippen LogP contribution is -2.23. The molecule has 0 heterocycles. The Kier molecular flexibility index (Phi) is 8.39. The van der Waals surface area contributed by atoms with E-state index in [1.165, 1.54) is 0 Å². The van der Waals surface area contributed by atoms with Gasteiger partial charge in [0, 0.05) is 11.0 Å². The van der Waals surface area contributed by atoms with Gasteiger partial charge in [0.2, 0.25) is 0 Å². The van der Waals surface area contributed by atoms with Crippen LogP contribution in [-0.4, -0.2) is 30.9 Å². The molecule has 0 saturated heterocycles. The average Bonchev–Trinajstić information content (AvgIpc) is 2.70. The summed E-state index contributed by atoms with van der Waals surface area (Å²) in [6.45, 7) is 3.08. The van der Waals surface area contributed by atoms with Crippen molar-refractivity contribution in [1.29, 1.82) is 0 Å². The van der Waals surface area contributed by atoms with Gasteiger partial charge in [0.25, 0.3) is 0 Å². The van der Waals surface area contributed by atoms with Crippen molar-refractivity contribution in [3.8, 4) is 5.75 Å². The number of aliphatic hydroxyl groups is 1. The highest BCUT2D eigenvalue weighted by atomic mass is 35.5. The highest BCUT2D eigenvalue weighted by Gasteiger charge is 2.40. The predicted molar refractivity (Wildman–Crippen MR) is 107 cm³/mol. The molecule has 0 saturated carbocycles. The number of hydrogen-bond acceptors (Lipinski definition) is 6. The highest BCUT2D eigenvalue weighted by Crippen LogP contribution is 2.44. The maximum Gasteiger partial charge on any atom is 0.558 e. The smallest absolute Gasteiger partial charge is 0.480 e. The number of benzene rings is 2. The first-order chi connectivity index (χ1) is 13.3. The van der Waals surface area contributed by atoms with E-state index in [1.807, 2.05) is 0 Å². The summed E-state index contributed by atoms with van der Waals surface area (Å²) in [6.07, 6.45) is 0. The van der Waals surface area contributed by atoms with Crippen molar-refractivity contribution in [2.45, 2.75) is 19.7 Å². The largest absolute Gasteiger partial charge is 0.558 e. The van der Waals surface area contributed by atoms with Crippen LogP contribution in [0.3, 0.4) is 0 Å². The molecule has 2 atom stereocenters. The standard InChI is InChI=1S/C20H23ClO6P/c1-20(2,13-22)14-26-28(24)19(15-8-4-3-5-9-15)27-18(23)12-25-17-11-7-6-10-16(17)21/h3-11,19,22H,12-14H2,1-2H3/q+1. The monoisotopic (exact) mass is 425 g/mol. The first-order valence-corrected chi connectivity index (χ1v) is 10.3.